The molecule has 2 unspecified atom stereocenters. The van der Waals surface area contributed by atoms with Crippen molar-refractivity contribution in [2.45, 2.75) is 65.7 Å². The third-order valence-electron chi connectivity index (χ3n) is 4.33. The summed E-state index contributed by atoms with van der Waals surface area (Å²) < 4.78 is 36.8. The van der Waals surface area contributed by atoms with Gasteiger partial charge in [-0.3, -0.25) is 4.99 Å². The maximum atomic E-state index is 12.3. The first-order chi connectivity index (χ1) is 8.16. The normalized spacial score (nSPS) is 33.6. The van der Waals surface area contributed by atoms with Crippen LogP contribution in [0.15, 0.2) is 4.99 Å². The highest BCUT2D eigenvalue weighted by molar-refractivity contribution is 5.86. The van der Waals surface area contributed by atoms with Gasteiger partial charge in [-0.25, -0.2) is 0 Å². The average molecular weight is 278 g/mol. The van der Waals surface area contributed by atoms with E-state index in [4.69, 9.17) is 0 Å². The molecule has 1 saturated heterocycles. The lowest BCUT2D eigenvalue weighted by Crippen LogP contribution is -2.45. The van der Waals surface area contributed by atoms with Gasteiger partial charge in [-0.15, -0.1) is 0 Å². The molecule has 2 aliphatic heterocycles. The van der Waals surface area contributed by atoms with Crippen molar-refractivity contribution < 1.29 is 13.2 Å². The highest BCUT2D eigenvalue weighted by Gasteiger charge is 2.66. The van der Waals surface area contributed by atoms with Crippen molar-refractivity contribution in [1.29, 1.82) is 0 Å². The minimum Gasteiger partial charge on any atom is -0.308 e. The van der Waals surface area contributed by atoms with Gasteiger partial charge in [-0.05, 0) is 12.3 Å². The van der Waals surface area contributed by atoms with Crippen molar-refractivity contribution in [2.24, 2.45) is 15.8 Å². The van der Waals surface area contributed by atoms with E-state index in [1.165, 1.54) is 27.3 Å². The Morgan fingerprint density at radius 3 is 1.37 bits per heavy atom. The maximum Gasteiger partial charge on any atom is 0.419 e. The molecule has 0 amide bonds. The molecule has 2 nitrogen and oxygen atoms in total. The largest absolute Gasteiger partial charge is 0.419 e. The molecule has 0 saturated carbocycles. The predicted molar refractivity (Wildman–Crippen MR) is 72.6 cm³/mol. The lowest BCUT2D eigenvalue weighted by molar-refractivity contribution is -0.175. The highest BCUT2D eigenvalue weighted by Crippen LogP contribution is 2.51. The Morgan fingerprint density at radius 2 is 1.37 bits per heavy atom. The van der Waals surface area contributed by atoms with Crippen molar-refractivity contribution in [3.05, 3.63) is 0 Å². The van der Waals surface area contributed by atoms with Crippen molar-refractivity contribution >= 4 is 6.21 Å². The topological polar surface area (TPSA) is 34.3 Å². The van der Waals surface area contributed by atoms with Gasteiger partial charge >= 0.3 is 6.18 Å². The van der Waals surface area contributed by atoms with Crippen LogP contribution >= 0.6 is 0 Å². The first-order valence-corrected chi connectivity index (χ1v) is 6.54. The van der Waals surface area contributed by atoms with Gasteiger partial charge in [-0.1, -0.05) is 41.5 Å². The zero-order valence-corrected chi connectivity index (χ0v) is 12.9. The van der Waals surface area contributed by atoms with Gasteiger partial charge in [0.05, 0.1) is 0 Å². The fourth-order valence-corrected chi connectivity index (χ4v) is 1.69. The van der Waals surface area contributed by atoms with E-state index < -0.39 is 17.1 Å². The first-order valence-electron chi connectivity index (χ1n) is 6.54. The molecule has 0 radical (unpaired) electrons. The minimum absolute atomic E-state index is 0.438. The highest BCUT2D eigenvalue weighted by atomic mass is 19.4. The Bertz CT molecular complexity index is 340. The van der Waals surface area contributed by atoms with Crippen LogP contribution in [0.5, 0.6) is 0 Å². The monoisotopic (exact) mass is 278 g/mol. The Kier molecular flexibility index (Phi) is 3.65. The minimum atomic E-state index is -4.23. The molecule has 2 atom stereocenters. The zero-order valence-electron chi connectivity index (χ0n) is 12.9. The summed E-state index contributed by atoms with van der Waals surface area (Å²) in [5, 5.41) is 3.35. The molecule has 0 aliphatic carbocycles. The van der Waals surface area contributed by atoms with Crippen molar-refractivity contribution in [3.8, 4) is 0 Å². The molecule has 19 heavy (non-hydrogen) atoms. The van der Waals surface area contributed by atoms with Gasteiger partial charge in [0, 0.05) is 23.7 Å². The summed E-state index contributed by atoms with van der Waals surface area (Å²) in [6.07, 6.45) is -3.25. The number of rotatable bonds is 0. The second-order valence-electron chi connectivity index (χ2n) is 7.71. The zero-order chi connectivity index (χ0) is 15.3. The maximum absolute atomic E-state index is 12.3. The van der Waals surface area contributed by atoms with Crippen LogP contribution in [0.1, 0.15) is 48.5 Å². The van der Waals surface area contributed by atoms with Gasteiger partial charge in [0.1, 0.15) is 0 Å². The predicted octanol–water partition coefficient (Wildman–Crippen LogP) is 3.81. The molecular weight excluding hydrogens is 253 g/mol. The molecule has 0 aromatic heterocycles. The van der Waals surface area contributed by atoms with Crippen LogP contribution in [-0.4, -0.2) is 30.0 Å². The molecule has 1 N–H and O–H groups in total. The molecular formula is C14H25F3N2. The van der Waals surface area contributed by atoms with Gasteiger partial charge in [-0.2, -0.15) is 13.2 Å². The number of nitrogens with zero attached hydrogens (tertiary/aromatic N) is 1. The van der Waals surface area contributed by atoms with Crippen molar-refractivity contribution in [3.63, 3.8) is 0 Å². The molecule has 2 heterocycles. The van der Waals surface area contributed by atoms with Crippen LogP contribution in [-0.2, 0) is 0 Å². The van der Waals surface area contributed by atoms with Gasteiger partial charge in [0.25, 0.3) is 0 Å². The molecule has 5 heteroatoms. The van der Waals surface area contributed by atoms with Gasteiger partial charge in [0.2, 0.25) is 0 Å². The molecule has 1 fully saturated rings. The Morgan fingerprint density at radius 1 is 1.00 bits per heavy atom. The summed E-state index contributed by atoms with van der Waals surface area (Å²) in [6.45, 7) is 14.9. The SMILES string of the molecule is CC(C)(C)C1(C(F)(F)F)C=N1.CC(C)(C)C1(C)CN1. The second kappa shape index (κ2) is 4.21. The van der Waals surface area contributed by atoms with E-state index in [0.29, 0.717) is 11.0 Å². The molecule has 0 bridgehead atoms. The lowest BCUT2D eigenvalue weighted by Gasteiger charge is -2.30. The molecule has 112 valence electrons. The first kappa shape index (κ1) is 16.5. The van der Waals surface area contributed by atoms with Crippen LogP contribution in [0, 0.1) is 10.8 Å². The van der Waals surface area contributed by atoms with Gasteiger partial charge in [0.15, 0.2) is 5.54 Å². The lowest BCUT2D eigenvalue weighted by atomic mass is 9.79. The fourth-order valence-electron chi connectivity index (χ4n) is 1.69. The Hall–Kier alpha value is -0.580. The van der Waals surface area contributed by atoms with E-state index in [1.54, 1.807) is 0 Å². The van der Waals surface area contributed by atoms with Crippen LogP contribution in [0.2, 0.25) is 0 Å². The summed E-state index contributed by atoms with van der Waals surface area (Å²) in [7, 11) is 0. The van der Waals surface area contributed by atoms with Crippen LogP contribution in [0.25, 0.3) is 0 Å². The fraction of sp³-hybridized carbons (Fsp3) is 0.929. The number of halogens is 3. The summed E-state index contributed by atoms with van der Waals surface area (Å²) in [5.41, 5.74) is -1.86. The van der Waals surface area contributed by atoms with Crippen LogP contribution in [0.4, 0.5) is 13.2 Å². The van der Waals surface area contributed by atoms with Gasteiger partial charge < -0.3 is 5.32 Å². The number of aliphatic imine (C=N–C) groups is 1. The number of hydrogen-bond acceptors (Lipinski definition) is 2. The quantitative estimate of drug-likeness (QED) is 0.672. The van der Waals surface area contributed by atoms with E-state index >= 15 is 0 Å². The Balaban J connectivity index is 0.000000200. The standard InChI is InChI=1S/C7H10F3N.C7H15N/c1-5(2,3)6(4-11-6)7(8,9)10;1-6(2,3)7(4)5-8-7/h4H,1-3H3;8H,5H2,1-4H3. The second-order valence-corrected chi connectivity index (χ2v) is 7.71. The van der Waals surface area contributed by atoms with Crippen molar-refractivity contribution in [2.75, 3.05) is 6.54 Å². The number of nitrogens with one attached hydrogen (secondary N) is 1. The van der Waals surface area contributed by atoms with E-state index in [1.807, 2.05) is 0 Å². The third kappa shape index (κ3) is 3.12. The smallest absolute Gasteiger partial charge is 0.308 e. The van der Waals surface area contributed by atoms with Crippen LogP contribution < -0.4 is 5.32 Å². The summed E-state index contributed by atoms with van der Waals surface area (Å²) >= 11 is 0. The summed E-state index contributed by atoms with van der Waals surface area (Å²) in [4.78, 5) is 3.33. The average Bonchev–Trinajstić information content (AvgIpc) is 2.90. The molecule has 2 aliphatic rings. The van der Waals surface area contributed by atoms with E-state index in [-0.39, 0.29) is 0 Å². The Labute approximate surface area is 113 Å². The molecule has 0 aromatic carbocycles. The van der Waals surface area contributed by atoms with E-state index in [9.17, 15) is 13.2 Å². The summed E-state index contributed by atoms with van der Waals surface area (Å²) in [6, 6.07) is 0. The molecule has 0 aromatic rings. The number of hydrogen-bond donors (Lipinski definition) is 1. The van der Waals surface area contributed by atoms with E-state index in [0.717, 1.165) is 6.21 Å². The third-order valence-corrected chi connectivity index (χ3v) is 4.33. The molecule has 2 rings (SSSR count). The number of alkyl halides is 3. The van der Waals surface area contributed by atoms with Crippen LogP contribution in [0.3, 0.4) is 0 Å². The summed E-state index contributed by atoms with van der Waals surface area (Å²) in [5.74, 6) is 0. The van der Waals surface area contributed by atoms with Crippen molar-refractivity contribution in [1.82, 2.24) is 5.32 Å². The molecule has 0 spiro atoms. The van der Waals surface area contributed by atoms with E-state index in [2.05, 4.69) is 38.0 Å².